The number of aromatic nitrogens is 4. The summed E-state index contributed by atoms with van der Waals surface area (Å²) in [6.45, 7) is -0.481. The fraction of sp³-hybridized carbons (Fsp3) is 0.350. The summed E-state index contributed by atoms with van der Waals surface area (Å²) in [4.78, 5) is 32.5. The molecule has 1 amide bonds. The van der Waals surface area contributed by atoms with Crippen LogP contribution in [0.1, 0.15) is 25.7 Å². The van der Waals surface area contributed by atoms with E-state index in [1.165, 1.54) is 0 Å². The van der Waals surface area contributed by atoms with Crippen molar-refractivity contribution in [2.45, 2.75) is 44.3 Å². The molecule has 0 radical (unpaired) electrons. The number of nitrogens with one attached hydrogen (secondary N) is 1. The number of fused-ring (bicyclic) bond motifs is 1. The van der Waals surface area contributed by atoms with Crippen LogP contribution in [-0.2, 0) is 11.3 Å². The second-order valence-electron chi connectivity index (χ2n) is 7.40. The summed E-state index contributed by atoms with van der Waals surface area (Å²) in [5.41, 5.74) is -0.537. The summed E-state index contributed by atoms with van der Waals surface area (Å²) in [5.74, 6) is -4.09. The molecule has 0 unspecified atom stereocenters. The Balaban J connectivity index is 1.61. The second kappa shape index (κ2) is 8.85. The van der Waals surface area contributed by atoms with Crippen molar-refractivity contribution >= 4 is 38.6 Å². The highest BCUT2D eigenvalue weighted by atomic mass is 79.9. The fourth-order valence-corrected chi connectivity index (χ4v) is 3.75. The van der Waals surface area contributed by atoms with Crippen molar-refractivity contribution in [2.24, 2.45) is 0 Å². The first-order valence-electron chi connectivity index (χ1n) is 9.72. The molecule has 1 N–H and O–H groups in total. The van der Waals surface area contributed by atoms with Gasteiger partial charge in [-0.15, -0.1) is 5.10 Å². The fourth-order valence-electron chi connectivity index (χ4n) is 3.39. The highest BCUT2D eigenvalue weighted by Crippen LogP contribution is 2.35. The van der Waals surface area contributed by atoms with Gasteiger partial charge in [0.15, 0.2) is 5.82 Å². The maximum Gasteiger partial charge on any atom is 0.275 e. The van der Waals surface area contributed by atoms with Crippen molar-refractivity contribution in [3.8, 4) is 5.88 Å². The maximum absolute atomic E-state index is 13.5. The van der Waals surface area contributed by atoms with Gasteiger partial charge >= 0.3 is 0 Å². The minimum Gasteiger partial charge on any atom is -0.473 e. The minimum absolute atomic E-state index is 0.0712. The molecule has 12 heteroatoms. The van der Waals surface area contributed by atoms with E-state index in [1.807, 2.05) is 0 Å². The van der Waals surface area contributed by atoms with Gasteiger partial charge in [-0.3, -0.25) is 14.9 Å². The Labute approximate surface area is 187 Å². The Morgan fingerprint density at radius 2 is 1.91 bits per heavy atom. The molecule has 2 aromatic heterocycles. The van der Waals surface area contributed by atoms with E-state index < -0.39 is 35.9 Å². The topological polar surface area (TPSA) is 99.0 Å². The van der Waals surface area contributed by atoms with Gasteiger partial charge in [0.2, 0.25) is 23.7 Å². The molecule has 168 valence electrons. The summed E-state index contributed by atoms with van der Waals surface area (Å²) in [6.07, 6.45) is 0.994. The first-order valence-corrected chi connectivity index (χ1v) is 10.5. The lowest BCUT2D eigenvalue weighted by molar-refractivity contribution is -0.117. The van der Waals surface area contributed by atoms with Gasteiger partial charge in [0.1, 0.15) is 12.6 Å². The monoisotopic (exact) mass is 511 g/mol. The molecule has 8 nitrogen and oxygen atoms in total. The van der Waals surface area contributed by atoms with E-state index in [9.17, 15) is 22.8 Å². The van der Waals surface area contributed by atoms with Crippen LogP contribution in [-0.4, -0.2) is 37.7 Å². The molecule has 1 aliphatic carbocycles. The van der Waals surface area contributed by atoms with Crippen LogP contribution in [0.25, 0.3) is 10.8 Å². The molecule has 32 heavy (non-hydrogen) atoms. The lowest BCUT2D eigenvalue weighted by Gasteiger charge is -2.28. The number of benzene rings is 1. The average Bonchev–Trinajstić information content (AvgIpc) is 2.74. The molecule has 0 atom stereocenters. The van der Waals surface area contributed by atoms with Crippen molar-refractivity contribution in [1.29, 1.82) is 0 Å². The molecule has 0 saturated heterocycles. The van der Waals surface area contributed by atoms with Crippen molar-refractivity contribution in [3.05, 3.63) is 51.2 Å². The predicted molar refractivity (Wildman–Crippen MR) is 112 cm³/mol. The number of hydrogen-bond acceptors (Lipinski definition) is 6. The molecule has 0 aliphatic heterocycles. The predicted octanol–water partition coefficient (Wildman–Crippen LogP) is 3.68. The van der Waals surface area contributed by atoms with Gasteiger partial charge in [-0.2, -0.15) is 0 Å². The van der Waals surface area contributed by atoms with Crippen LogP contribution in [0.3, 0.4) is 0 Å². The molecule has 2 heterocycles. The van der Waals surface area contributed by atoms with Crippen molar-refractivity contribution < 1.29 is 22.7 Å². The number of amides is 1. The van der Waals surface area contributed by atoms with Gasteiger partial charge in [0.25, 0.3) is 5.56 Å². The van der Waals surface area contributed by atoms with Crippen LogP contribution in [0.4, 0.5) is 19.1 Å². The van der Waals surface area contributed by atoms with Crippen LogP contribution in [0, 0.1) is 5.82 Å². The Morgan fingerprint density at radius 1 is 1.22 bits per heavy atom. The Kier molecular flexibility index (Phi) is 6.13. The van der Waals surface area contributed by atoms with Gasteiger partial charge < -0.3 is 4.74 Å². The number of carbonyl (C=O) groups excluding carboxylic acids is 1. The number of ether oxygens (including phenoxy) is 1. The zero-order chi connectivity index (χ0) is 22.9. The average molecular weight is 512 g/mol. The lowest BCUT2D eigenvalue weighted by Crippen LogP contribution is -2.33. The Morgan fingerprint density at radius 3 is 2.59 bits per heavy atom. The quantitative estimate of drug-likeness (QED) is 0.560. The summed E-state index contributed by atoms with van der Waals surface area (Å²) in [7, 11) is 0. The number of nitrogens with zero attached hydrogens (tertiary/aromatic N) is 4. The highest BCUT2D eigenvalue weighted by molar-refractivity contribution is 9.10. The Hall–Kier alpha value is -3.02. The molecule has 4 rings (SSSR count). The number of hydrogen-bond donors (Lipinski definition) is 1. The summed E-state index contributed by atoms with van der Waals surface area (Å²) < 4.78 is 47.4. The zero-order valence-electron chi connectivity index (χ0n) is 16.5. The molecule has 1 aliphatic rings. The largest absolute Gasteiger partial charge is 0.473 e. The SMILES string of the molecule is O=C(Cn1nc(OC2CCC(F)(F)CC2)c2cc(Br)ccc2c1=O)Nc1ncc(F)cn1. The van der Waals surface area contributed by atoms with Gasteiger partial charge in [0, 0.05) is 17.3 Å². The van der Waals surface area contributed by atoms with Crippen LogP contribution in [0.15, 0.2) is 39.9 Å². The smallest absolute Gasteiger partial charge is 0.275 e. The molecule has 1 aromatic carbocycles. The molecule has 3 aromatic rings. The first-order chi connectivity index (χ1) is 15.2. The summed E-state index contributed by atoms with van der Waals surface area (Å²) in [5, 5.41) is 7.19. The van der Waals surface area contributed by atoms with Gasteiger partial charge in [-0.25, -0.2) is 27.8 Å². The van der Waals surface area contributed by atoms with Crippen LogP contribution in [0.2, 0.25) is 0 Å². The minimum atomic E-state index is -2.71. The number of anilines is 1. The van der Waals surface area contributed by atoms with E-state index >= 15 is 0 Å². The third-order valence-electron chi connectivity index (χ3n) is 5.00. The molecule has 0 spiro atoms. The van der Waals surface area contributed by atoms with E-state index in [4.69, 9.17) is 4.74 Å². The zero-order valence-corrected chi connectivity index (χ0v) is 18.1. The van der Waals surface area contributed by atoms with E-state index in [2.05, 4.69) is 36.3 Å². The first kappa shape index (κ1) is 22.2. The third kappa shape index (κ3) is 5.06. The van der Waals surface area contributed by atoms with Crippen molar-refractivity contribution in [1.82, 2.24) is 19.7 Å². The summed E-state index contributed by atoms with van der Waals surface area (Å²) in [6, 6.07) is 4.86. The second-order valence-corrected chi connectivity index (χ2v) is 8.32. The maximum atomic E-state index is 13.5. The Bertz CT molecular complexity index is 1210. The van der Waals surface area contributed by atoms with E-state index in [0.29, 0.717) is 9.86 Å². The van der Waals surface area contributed by atoms with E-state index in [1.54, 1.807) is 18.2 Å². The van der Waals surface area contributed by atoms with Crippen LogP contribution >= 0.6 is 15.9 Å². The standard InChI is InChI=1S/C20H17BrF3N5O3/c21-11-1-2-14-15(7-11)17(32-13-3-5-20(23,24)6-4-13)28-29(18(14)31)10-16(30)27-19-25-8-12(22)9-26-19/h1-2,7-9,13H,3-6,10H2,(H,25,26,27,30). The number of carbonyl (C=O) groups is 1. The van der Waals surface area contributed by atoms with Gasteiger partial charge in [-0.1, -0.05) is 15.9 Å². The molecule has 0 bridgehead atoms. The van der Waals surface area contributed by atoms with Crippen LogP contribution in [0.5, 0.6) is 5.88 Å². The number of rotatable bonds is 5. The molecule has 1 saturated carbocycles. The highest BCUT2D eigenvalue weighted by Gasteiger charge is 2.36. The van der Waals surface area contributed by atoms with Gasteiger partial charge in [0.05, 0.1) is 23.2 Å². The van der Waals surface area contributed by atoms with Crippen LogP contribution < -0.4 is 15.6 Å². The van der Waals surface area contributed by atoms with E-state index in [-0.39, 0.29) is 42.9 Å². The lowest BCUT2D eigenvalue weighted by atomic mass is 9.94. The van der Waals surface area contributed by atoms with Crippen molar-refractivity contribution in [3.63, 3.8) is 0 Å². The molecule has 1 fully saturated rings. The van der Waals surface area contributed by atoms with E-state index in [0.717, 1.165) is 17.1 Å². The summed E-state index contributed by atoms with van der Waals surface area (Å²) >= 11 is 3.34. The molecular formula is C20H17BrF3N5O3. The normalized spacial score (nSPS) is 16.1. The third-order valence-corrected chi connectivity index (χ3v) is 5.49. The van der Waals surface area contributed by atoms with Gasteiger partial charge in [-0.05, 0) is 31.0 Å². The number of alkyl halides is 2. The molecular weight excluding hydrogens is 495 g/mol. The number of halogens is 4. The van der Waals surface area contributed by atoms with Crippen molar-refractivity contribution in [2.75, 3.05) is 5.32 Å².